The van der Waals surface area contributed by atoms with E-state index in [9.17, 15) is 18.4 Å². The minimum atomic E-state index is -1.06. The van der Waals surface area contributed by atoms with Gasteiger partial charge in [-0.25, -0.2) is 23.4 Å². The van der Waals surface area contributed by atoms with Crippen LogP contribution in [-0.4, -0.2) is 35.5 Å². The van der Waals surface area contributed by atoms with Gasteiger partial charge in [0.1, 0.15) is 6.26 Å². The van der Waals surface area contributed by atoms with Crippen molar-refractivity contribution in [2.75, 3.05) is 19.0 Å². The lowest BCUT2D eigenvalue weighted by Gasteiger charge is -2.21. The summed E-state index contributed by atoms with van der Waals surface area (Å²) in [6.45, 7) is 2.24. The summed E-state index contributed by atoms with van der Waals surface area (Å²) in [5.41, 5.74) is 0.114. The predicted octanol–water partition coefficient (Wildman–Crippen LogP) is 3.18. The van der Waals surface area contributed by atoms with Gasteiger partial charge in [0.25, 0.3) is 0 Å². The summed E-state index contributed by atoms with van der Waals surface area (Å²) in [4.78, 5) is 29.0. The van der Waals surface area contributed by atoms with Gasteiger partial charge in [0.05, 0.1) is 13.7 Å². The molecule has 2 amide bonds. The Balaban J connectivity index is 2.08. The Kier molecular flexibility index (Phi) is 6.04. The van der Waals surface area contributed by atoms with Crippen molar-refractivity contribution in [3.05, 3.63) is 47.7 Å². The van der Waals surface area contributed by atoms with Gasteiger partial charge < -0.3 is 19.4 Å². The largest absolute Gasteiger partial charge is 0.464 e. The number of nitrogens with zero attached hydrogens (tertiary/aromatic N) is 2. The molecule has 0 fully saturated rings. The van der Waals surface area contributed by atoms with Gasteiger partial charge in [-0.1, -0.05) is 6.92 Å². The van der Waals surface area contributed by atoms with Crippen molar-refractivity contribution in [1.29, 1.82) is 0 Å². The second-order valence-electron chi connectivity index (χ2n) is 5.10. The molecule has 2 aromatic rings. The van der Waals surface area contributed by atoms with Crippen molar-refractivity contribution in [3.63, 3.8) is 0 Å². The number of anilines is 1. The Morgan fingerprint density at radius 1 is 1.32 bits per heavy atom. The number of amides is 2. The van der Waals surface area contributed by atoms with Gasteiger partial charge in [0.15, 0.2) is 17.3 Å². The summed E-state index contributed by atoms with van der Waals surface area (Å²) in [5, 5.41) is 2.48. The maximum Gasteiger partial charge on any atom is 0.360 e. The Hall–Kier alpha value is -2.97. The number of hydrogen-bond acceptors (Lipinski definition) is 5. The van der Waals surface area contributed by atoms with E-state index in [1.807, 2.05) is 6.92 Å². The molecule has 0 atom stereocenters. The van der Waals surface area contributed by atoms with E-state index in [1.54, 1.807) is 0 Å². The molecular formula is C16H17F2N3O4. The quantitative estimate of drug-likeness (QED) is 0.806. The zero-order chi connectivity index (χ0) is 18.4. The molecule has 0 saturated carbocycles. The SMILES string of the molecule is CCCN(Cc1nc(C(=O)OC)co1)C(=O)Nc1ccc(F)c(F)c1. The highest BCUT2D eigenvalue weighted by atomic mass is 19.2. The first-order valence-electron chi connectivity index (χ1n) is 7.48. The molecule has 9 heteroatoms. The van der Waals surface area contributed by atoms with Crippen molar-refractivity contribution in [3.8, 4) is 0 Å². The molecule has 0 aliphatic carbocycles. The van der Waals surface area contributed by atoms with Gasteiger partial charge in [0, 0.05) is 18.3 Å². The van der Waals surface area contributed by atoms with E-state index < -0.39 is 23.6 Å². The normalized spacial score (nSPS) is 10.4. The molecule has 1 heterocycles. The third-order valence-electron chi connectivity index (χ3n) is 3.22. The maximum absolute atomic E-state index is 13.2. The van der Waals surface area contributed by atoms with Crippen molar-refractivity contribution in [2.24, 2.45) is 0 Å². The van der Waals surface area contributed by atoms with Crippen LogP contribution in [0.4, 0.5) is 19.3 Å². The fourth-order valence-electron chi connectivity index (χ4n) is 2.04. The summed E-state index contributed by atoms with van der Waals surface area (Å²) in [5.74, 6) is -2.56. The number of rotatable bonds is 6. The van der Waals surface area contributed by atoms with E-state index >= 15 is 0 Å². The molecule has 2 rings (SSSR count). The molecular weight excluding hydrogens is 336 g/mol. The second-order valence-corrected chi connectivity index (χ2v) is 5.10. The number of carbonyl (C=O) groups excluding carboxylic acids is 2. The number of hydrogen-bond donors (Lipinski definition) is 1. The minimum Gasteiger partial charge on any atom is -0.464 e. The number of ether oxygens (including phenoxy) is 1. The molecule has 7 nitrogen and oxygen atoms in total. The molecule has 1 aromatic carbocycles. The van der Waals surface area contributed by atoms with Crippen LogP contribution in [0.1, 0.15) is 29.7 Å². The first-order valence-corrected chi connectivity index (χ1v) is 7.48. The highest BCUT2D eigenvalue weighted by Crippen LogP contribution is 2.15. The average Bonchev–Trinajstić information content (AvgIpc) is 3.05. The smallest absolute Gasteiger partial charge is 0.360 e. The van der Waals surface area contributed by atoms with Gasteiger partial charge >= 0.3 is 12.0 Å². The van der Waals surface area contributed by atoms with Gasteiger partial charge in [-0.05, 0) is 18.6 Å². The summed E-state index contributed by atoms with van der Waals surface area (Å²) in [6, 6.07) is 2.52. The number of methoxy groups -OCH3 is 1. The summed E-state index contributed by atoms with van der Waals surface area (Å²) in [7, 11) is 1.22. The predicted molar refractivity (Wildman–Crippen MR) is 83.9 cm³/mol. The van der Waals surface area contributed by atoms with Crippen molar-refractivity contribution in [1.82, 2.24) is 9.88 Å². The van der Waals surface area contributed by atoms with E-state index in [1.165, 1.54) is 18.1 Å². The van der Waals surface area contributed by atoms with Gasteiger partial charge in [-0.2, -0.15) is 0 Å². The lowest BCUT2D eigenvalue weighted by atomic mass is 10.3. The molecule has 25 heavy (non-hydrogen) atoms. The zero-order valence-corrected chi connectivity index (χ0v) is 13.7. The van der Waals surface area contributed by atoms with Crippen LogP contribution in [0.15, 0.2) is 28.9 Å². The monoisotopic (exact) mass is 353 g/mol. The fraction of sp³-hybridized carbons (Fsp3) is 0.312. The van der Waals surface area contributed by atoms with Crippen LogP contribution in [0, 0.1) is 11.6 Å². The molecule has 0 bridgehead atoms. The number of urea groups is 1. The van der Waals surface area contributed by atoms with Crippen molar-refractivity contribution in [2.45, 2.75) is 19.9 Å². The zero-order valence-electron chi connectivity index (χ0n) is 13.7. The standard InChI is InChI=1S/C16H17F2N3O4/c1-3-6-21(8-14-20-13(9-25-14)15(22)24-2)16(23)19-10-4-5-11(17)12(18)7-10/h4-5,7,9H,3,6,8H2,1-2H3,(H,19,23). The Morgan fingerprint density at radius 2 is 2.08 bits per heavy atom. The van der Waals surface area contributed by atoms with E-state index in [0.29, 0.717) is 13.0 Å². The van der Waals surface area contributed by atoms with E-state index in [2.05, 4.69) is 15.0 Å². The Labute approximate surface area is 142 Å². The van der Waals surface area contributed by atoms with Gasteiger partial charge in [0.2, 0.25) is 5.89 Å². The van der Waals surface area contributed by atoms with Crippen LogP contribution < -0.4 is 5.32 Å². The summed E-state index contributed by atoms with van der Waals surface area (Å²) in [6.07, 6.45) is 1.79. The number of carbonyl (C=O) groups is 2. The van der Waals surface area contributed by atoms with Crippen LogP contribution in [0.2, 0.25) is 0 Å². The number of aromatic nitrogens is 1. The van der Waals surface area contributed by atoms with E-state index in [-0.39, 0.29) is 23.8 Å². The molecule has 0 radical (unpaired) electrons. The highest BCUT2D eigenvalue weighted by Gasteiger charge is 2.19. The molecule has 0 aliphatic heterocycles. The van der Waals surface area contributed by atoms with Crippen LogP contribution in [-0.2, 0) is 11.3 Å². The number of benzene rings is 1. The van der Waals surface area contributed by atoms with E-state index in [4.69, 9.17) is 4.42 Å². The summed E-state index contributed by atoms with van der Waals surface area (Å²) < 4.78 is 35.9. The molecule has 0 aliphatic rings. The second kappa shape index (κ2) is 8.22. The van der Waals surface area contributed by atoms with Crippen LogP contribution in [0.25, 0.3) is 0 Å². The molecule has 1 aromatic heterocycles. The number of esters is 1. The lowest BCUT2D eigenvalue weighted by Crippen LogP contribution is -2.35. The van der Waals surface area contributed by atoms with Crippen molar-refractivity contribution >= 4 is 17.7 Å². The number of halogens is 2. The molecule has 0 unspecified atom stereocenters. The highest BCUT2D eigenvalue weighted by molar-refractivity contribution is 5.89. The maximum atomic E-state index is 13.2. The first kappa shape index (κ1) is 18.4. The van der Waals surface area contributed by atoms with Gasteiger partial charge in [-0.15, -0.1) is 0 Å². The van der Waals surface area contributed by atoms with Gasteiger partial charge in [-0.3, -0.25) is 0 Å². The average molecular weight is 353 g/mol. The molecule has 0 saturated heterocycles. The summed E-state index contributed by atoms with van der Waals surface area (Å²) >= 11 is 0. The van der Waals surface area contributed by atoms with Crippen LogP contribution in [0.5, 0.6) is 0 Å². The Bertz CT molecular complexity index is 764. The lowest BCUT2D eigenvalue weighted by molar-refractivity contribution is 0.0594. The topological polar surface area (TPSA) is 84.7 Å². The first-order chi connectivity index (χ1) is 11.9. The number of oxazole rings is 1. The fourth-order valence-corrected chi connectivity index (χ4v) is 2.04. The van der Waals surface area contributed by atoms with E-state index in [0.717, 1.165) is 18.4 Å². The third kappa shape index (κ3) is 4.75. The molecule has 134 valence electrons. The van der Waals surface area contributed by atoms with Crippen molar-refractivity contribution < 1.29 is 27.5 Å². The molecule has 1 N–H and O–H groups in total. The molecule has 0 spiro atoms. The number of nitrogens with one attached hydrogen (secondary N) is 1. The van der Waals surface area contributed by atoms with Crippen LogP contribution in [0.3, 0.4) is 0 Å². The van der Waals surface area contributed by atoms with Crippen LogP contribution >= 0.6 is 0 Å². The minimum absolute atomic E-state index is 0.000342. The Morgan fingerprint density at radius 3 is 2.72 bits per heavy atom. The third-order valence-corrected chi connectivity index (χ3v) is 3.22.